The molecule has 0 N–H and O–H groups in total. The van der Waals surface area contributed by atoms with Gasteiger partial charge in [-0.3, -0.25) is 0 Å². The van der Waals surface area contributed by atoms with E-state index in [-0.39, 0.29) is 17.0 Å². The first-order chi connectivity index (χ1) is 13.2. The van der Waals surface area contributed by atoms with Gasteiger partial charge in [0.15, 0.2) is 0 Å². The molecule has 2 aromatic carbocycles. The van der Waals surface area contributed by atoms with Crippen molar-refractivity contribution in [3.05, 3.63) is 94.2 Å². The number of rotatable bonds is 4. The number of aromatic nitrogens is 2. The Kier molecular flexibility index (Phi) is 4.60. The quantitative estimate of drug-likeness (QED) is 0.512. The van der Waals surface area contributed by atoms with Gasteiger partial charge in [-0.1, -0.05) is 78.9 Å². The van der Waals surface area contributed by atoms with Crippen molar-refractivity contribution in [3.63, 3.8) is 0 Å². The maximum atomic E-state index is 13.5. The lowest BCUT2D eigenvalue weighted by molar-refractivity contribution is -0.583. The van der Waals surface area contributed by atoms with Gasteiger partial charge in [0, 0.05) is 10.9 Å². The number of hydrogen-bond acceptors (Lipinski definition) is 3. The zero-order chi connectivity index (χ0) is 18.8. The van der Waals surface area contributed by atoms with E-state index in [1.807, 2.05) is 66.9 Å². The van der Waals surface area contributed by atoms with Crippen molar-refractivity contribution in [2.75, 3.05) is 0 Å². The highest BCUT2D eigenvalue weighted by atomic mass is 32.1. The van der Waals surface area contributed by atoms with Gasteiger partial charge in [-0.15, -0.1) is 4.57 Å². The van der Waals surface area contributed by atoms with Crippen LogP contribution in [-0.2, 0) is 0 Å². The van der Waals surface area contributed by atoms with Crippen LogP contribution in [0, 0.1) is 0 Å². The van der Waals surface area contributed by atoms with Crippen molar-refractivity contribution in [2.24, 2.45) is 0 Å². The molecule has 2 aromatic heterocycles. The van der Waals surface area contributed by atoms with Gasteiger partial charge in [0.1, 0.15) is 17.5 Å². The lowest BCUT2D eigenvalue weighted by Gasteiger charge is -2.14. The average molecular weight is 374 g/mol. The first kappa shape index (κ1) is 17.2. The zero-order valence-electron chi connectivity index (χ0n) is 14.8. The number of fused-ring (bicyclic) bond motifs is 1. The topological polar surface area (TPSA) is 49.2 Å². The Balaban J connectivity index is 2.11. The molecule has 0 bridgehead atoms. The number of allylic oxidation sites excluding steroid dienone is 1. The van der Waals surface area contributed by atoms with E-state index in [1.165, 1.54) is 11.3 Å². The third-order valence-electron chi connectivity index (χ3n) is 4.40. The molecule has 4 nitrogen and oxygen atoms in total. The smallest absolute Gasteiger partial charge is 0.353 e. The zero-order valence-corrected chi connectivity index (χ0v) is 15.6. The van der Waals surface area contributed by atoms with Crippen molar-refractivity contribution in [1.29, 1.82) is 0 Å². The molecule has 4 aromatic rings. The second-order valence-corrected chi connectivity index (χ2v) is 6.98. The van der Waals surface area contributed by atoms with Crippen molar-refractivity contribution < 1.29 is 9.51 Å². The number of benzene rings is 2. The summed E-state index contributed by atoms with van der Waals surface area (Å²) in [6.45, 7) is 2.03. The van der Waals surface area contributed by atoms with Gasteiger partial charge in [-0.2, -0.15) is 0 Å². The normalized spacial score (nSPS) is 11.8. The highest BCUT2D eigenvalue weighted by Gasteiger charge is 2.25. The molecule has 0 aliphatic rings. The summed E-state index contributed by atoms with van der Waals surface area (Å²) < 4.78 is 3.22. The molecule has 5 heteroatoms. The fraction of sp³-hybridized carbons (Fsp3) is 0.0909. The van der Waals surface area contributed by atoms with E-state index in [2.05, 4.69) is 0 Å². The molecule has 27 heavy (non-hydrogen) atoms. The Hall–Kier alpha value is -3.18. The minimum Gasteiger partial charge on any atom is -0.841 e. The molecule has 4 rings (SSSR count). The second-order valence-electron chi connectivity index (χ2n) is 6.11. The lowest BCUT2D eigenvalue weighted by atomic mass is 10.1. The molecule has 0 atom stereocenters. The fourth-order valence-electron chi connectivity index (χ4n) is 3.20. The number of nitrogens with zero attached hydrogens (tertiary/aromatic N) is 2. The molecule has 0 aliphatic carbocycles. The van der Waals surface area contributed by atoms with Gasteiger partial charge in [0.05, 0.1) is 5.88 Å². The maximum Gasteiger partial charge on any atom is 0.353 e. The Morgan fingerprint density at radius 2 is 1.78 bits per heavy atom. The predicted octanol–water partition coefficient (Wildman–Crippen LogP) is 3.69. The molecule has 0 spiro atoms. The average Bonchev–Trinajstić information content (AvgIpc) is 3.19. The summed E-state index contributed by atoms with van der Waals surface area (Å²) in [7, 11) is 0. The van der Waals surface area contributed by atoms with Crippen molar-refractivity contribution >= 4 is 22.0 Å². The van der Waals surface area contributed by atoms with Crippen LogP contribution in [0.2, 0.25) is 0 Å². The molecule has 0 amide bonds. The van der Waals surface area contributed by atoms with Gasteiger partial charge in [-0.25, -0.2) is 9.20 Å². The summed E-state index contributed by atoms with van der Waals surface area (Å²) >= 11 is 1.38. The molecular formula is C22H18N2O2S. The summed E-state index contributed by atoms with van der Waals surface area (Å²) in [5.41, 5.74) is 2.25. The van der Waals surface area contributed by atoms with Crippen LogP contribution in [0.3, 0.4) is 0 Å². The molecule has 0 saturated carbocycles. The van der Waals surface area contributed by atoms with Gasteiger partial charge < -0.3 is 5.11 Å². The molecule has 0 radical (unpaired) electrons. The molecule has 134 valence electrons. The molecule has 2 heterocycles. The third-order valence-corrected chi connectivity index (χ3v) is 5.25. The van der Waals surface area contributed by atoms with Crippen LogP contribution < -0.4 is 15.1 Å². The van der Waals surface area contributed by atoms with Crippen LogP contribution in [0.1, 0.15) is 18.9 Å². The van der Waals surface area contributed by atoms with E-state index in [0.717, 1.165) is 17.7 Å². The minimum absolute atomic E-state index is 0.185. The van der Waals surface area contributed by atoms with Crippen LogP contribution in [0.25, 0.3) is 21.8 Å². The standard InChI is InChI=1S/C22H18N2O2S/c1-2-9-18(16-10-5-3-6-11-16)24-21(26)19(17-12-7-4-8-13-17)20(25)23-14-15-27-22(23)24/h3-15H,2H2,1H3/b18-9-. The highest BCUT2D eigenvalue weighted by Crippen LogP contribution is 2.26. The Morgan fingerprint density at radius 1 is 1.11 bits per heavy atom. The second kappa shape index (κ2) is 7.21. The van der Waals surface area contributed by atoms with Gasteiger partial charge in [-0.05, 0) is 18.1 Å². The molecule has 0 unspecified atom stereocenters. The van der Waals surface area contributed by atoms with E-state index >= 15 is 0 Å². The number of hydrogen-bond donors (Lipinski definition) is 0. The summed E-state index contributed by atoms with van der Waals surface area (Å²) in [6.07, 6.45) is 4.52. The van der Waals surface area contributed by atoms with Gasteiger partial charge in [0.25, 0.3) is 0 Å². The Morgan fingerprint density at radius 3 is 2.44 bits per heavy atom. The third kappa shape index (κ3) is 2.96. The SMILES string of the molecule is CC/C=C(/c1ccccc1)n1c(=O)c(-c2ccccc2)c([O-])[n+]2ccsc12. The summed E-state index contributed by atoms with van der Waals surface area (Å²) in [5, 5.41) is 14.8. The van der Waals surface area contributed by atoms with E-state index in [9.17, 15) is 9.90 Å². The largest absolute Gasteiger partial charge is 0.841 e. The summed E-state index contributed by atoms with van der Waals surface area (Å²) in [6, 6.07) is 18.9. The first-order valence-electron chi connectivity index (χ1n) is 8.78. The van der Waals surface area contributed by atoms with Crippen LogP contribution in [0.15, 0.2) is 83.1 Å². The van der Waals surface area contributed by atoms with Crippen LogP contribution >= 0.6 is 11.3 Å². The molecular weight excluding hydrogens is 356 g/mol. The predicted molar refractivity (Wildman–Crippen MR) is 107 cm³/mol. The highest BCUT2D eigenvalue weighted by molar-refractivity contribution is 7.14. The van der Waals surface area contributed by atoms with Crippen molar-refractivity contribution in [1.82, 2.24) is 4.57 Å². The van der Waals surface area contributed by atoms with E-state index in [4.69, 9.17) is 0 Å². The minimum atomic E-state index is -0.294. The Labute approximate surface area is 160 Å². The lowest BCUT2D eigenvalue weighted by Crippen LogP contribution is -2.36. The van der Waals surface area contributed by atoms with Crippen LogP contribution in [0.4, 0.5) is 0 Å². The summed E-state index contributed by atoms with van der Waals surface area (Å²) in [5.74, 6) is -0.289. The monoisotopic (exact) mass is 374 g/mol. The number of thiazole rings is 1. The van der Waals surface area contributed by atoms with Crippen LogP contribution in [-0.4, -0.2) is 4.57 Å². The molecule has 0 fully saturated rings. The summed E-state index contributed by atoms with van der Waals surface area (Å²) in [4.78, 5) is 14.1. The van der Waals surface area contributed by atoms with Crippen molar-refractivity contribution in [2.45, 2.75) is 13.3 Å². The van der Waals surface area contributed by atoms with E-state index in [0.29, 0.717) is 10.5 Å². The maximum absolute atomic E-state index is 13.5. The van der Waals surface area contributed by atoms with Crippen molar-refractivity contribution in [3.8, 4) is 17.0 Å². The molecule has 0 aliphatic heterocycles. The Bertz CT molecular complexity index is 1180. The van der Waals surface area contributed by atoms with Crippen LogP contribution in [0.5, 0.6) is 5.88 Å². The van der Waals surface area contributed by atoms with Gasteiger partial charge in [0.2, 0.25) is 0 Å². The van der Waals surface area contributed by atoms with E-state index < -0.39 is 0 Å². The van der Waals surface area contributed by atoms with Gasteiger partial charge >= 0.3 is 10.5 Å². The van der Waals surface area contributed by atoms with E-state index in [1.54, 1.807) is 27.3 Å². The first-order valence-corrected chi connectivity index (χ1v) is 9.66. The fourth-order valence-corrected chi connectivity index (χ4v) is 4.05. The molecule has 0 saturated heterocycles.